The molecule has 2 heterocycles. The number of rotatable bonds is 6. The van der Waals surface area contributed by atoms with Crippen molar-refractivity contribution >= 4 is 33.5 Å². The molecule has 0 aliphatic rings. The van der Waals surface area contributed by atoms with E-state index in [9.17, 15) is 4.79 Å². The molecule has 2 aromatic carbocycles. The average molecular weight is 478 g/mol. The maximum absolute atomic E-state index is 11.9. The van der Waals surface area contributed by atoms with Gasteiger partial charge in [0.2, 0.25) is 0 Å². The fraction of sp³-hybridized carbons (Fsp3) is 0.259. The van der Waals surface area contributed by atoms with Crippen LogP contribution in [0.4, 0.5) is 0 Å². The van der Waals surface area contributed by atoms with Gasteiger partial charge in [-0.15, -0.1) is 11.3 Å². The van der Waals surface area contributed by atoms with Crippen LogP contribution >= 0.6 is 11.3 Å². The monoisotopic (exact) mass is 477 g/mol. The summed E-state index contributed by atoms with van der Waals surface area (Å²) in [5, 5.41) is 5.10. The van der Waals surface area contributed by atoms with Crippen LogP contribution in [0.5, 0.6) is 17.2 Å². The van der Waals surface area contributed by atoms with Crippen LogP contribution in [0, 0.1) is 13.8 Å². The van der Waals surface area contributed by atoms with Crippen LogP contribution in [0.15, 0.2) is 53.1 Å². The van der Waals surface area contributed by atoms with Crippen LogP contribution in [-0.2, 0) is 9.53 Å². The van der Waals surface area contributed by atoms with Crippen LogP contribution in [-0.4, -0.2) is 23.8 Å². The number of fused-ring (bicyclic) bond motifs is 1. The maximum atomic E-state index is 11.9. The van der Waals surface area contributed by atoms with Gasteiger partial charge in [-0.05, 0) is 76.6 Å². The molecule has 0 aliphatic carbocycles. The highest BCUT2D eigenvalue weighted by Crippen LogP contribution is 2.48. The lowest BCUT2D eigenvalue weighted by Crippen LogP contribution is -2.22. The standard InChI is InChI=1S/C27H27NO5S/c1-16-24(17(2)33-28-16)26-25(21-13-12-20(30-6)15-22(21)34-26)31-19-10-7-18(8-11-19)9-14-23(29)32-27(3,4)5/h7-15H,1-6H3/b14-9+. The van der Waals surface area contributed by atoms with Crippen molar-refractivity contribution < 1.29 is 23.5 Å². The molecule has 0 atom stereocenters. The molecule has 176 valence electrons. The maximum Gasteiger partial charge on any atom is 0.331 e. The van der Waals surface area contributed by atoms with Crippen LogP contribution in [0.25, 0.3) is 26.6 Å². The van der Waals surface area contributed by atoms with Crippen LogP contribution in [0.2, 0.25) is 0 Å². The average Bonchev–Trinajstić information content (AvgIpc) is 3.30. The summed E-state index contributed by atoms with van der Waals surface area (Å²) in [5.41, 5.74) is 2.09. The summed E-state index contributed by atoms with van der Waals surface area (Å²) in [4.78, 5) is 12.9. The van der Waals surface area contributed by atoms with Crippen molar-refractivity contribution in [2.24, 2.45) is 0 Å². The zero-order valence-electron chi connectivity index (χ0n) is 20.1. The fourth-order valence-electron chi connectivity index (χ4n) is 3.52. The smallest absolute Gasteiger partial charge is 0.331 e. The third kappa shape index (κ3) is 5.15. The molecule has 34 heavy (non-hydrogen) atoms. The Balaban J connectivity index is 1.65. The largest absolute Gasteiger partial charge is 0.497 e. The molecule has 0 amide bonds. The third-order valence-electron chi connectivity index (χ3n) is 5.03. The Bertz CT molecular complexity index is 1340. The van der Waals surface area contributed by atoms with E-state index in [-0.39, 0.29) is 5.97 Å². The molecule has 0 spiro atoms. The van der Waals surface area contributed by atoms with Gasteiger partial charge in [-0.3, -0.25) is 0 Å². The predicted octanol–water partition coefficient (Wildman–Crippen LogP) is 7.33. The number of hydrogen-bond donors (Lipinski definition) is 0. The van der Waals surface area contributed by atoms with Gasteiger partial charge < -0.3 is 18.7 Å². The summed E-state index contributed by atoms with van der Waals surface area (Å²) in [5.74, 6) is 2.57. The lowest BCUT2D eigenvalue weighted by atomic mass is 10.1. The Hall–Kier alpha value is -3.58. The topological polar surface area (TPSA) is 70.8 Å². The second-order valence-electron chi connectivity index (χ2n) is 8.86. The van der Waals surface area contributed by atoms with Crippen molar-refractivity contribution in [3.63, 3.8) is 0 Å². The van der Waals surface area contributed by atoms with Gasteiger partial charge in [0.25, 0.3) is 0 Å². The molecule has 4 rings (SSSR count). The van der Waals surface area contributed by atoms with Crippen molar-refractivity contribution in [3.8, 4) is 27.7 Å². The summed E-state index contributed by atoms with van der Waals surface area (Å²) >= 11 is 1.61. The van der Waals surface area contributed by atoms with Crippen molar-refractivity contribution in [3.05, 3.63) is 65.6 Å². The van der Waals surface area contributed by atoms with E-state index in [4.69, 9.17) is 18.7 Å². The number of nitrogens with zero attached hydrogens (tertiary/aromatic N) is 1. The van der Waals surface area contributed by atoms with Gasteiger partial charge >= 0.3 is 5.97 Å². The minimum absolute atomic E-state index is 0.378. The molecule has 0 saturated carbocycles. The number of benzene rings is 2. The molecule has 0 saturated heterocycles. The third-order valence-corrected chi connectivity index (χ3v) is 6.18. The van der Waals surface area contributed by atoms with Gasteiger partial charge in [0, 0.05) is 16.2 Å². The Kier molecular flexibility index (Phi) is 6.48. The number of esters is 1. The van der Waals surface area contributed by atoms with E-state index in [1.807, 2.05) is 77.1 Å². The zero-order valence-corrected chi connectivity index (χ0v) is 20.9. The molecule has 6 nitrogen and oxygen atoms in total. The first kappa shape index (κ1) is 23.6. The lowest BCUT2D eigenvalue weighted by molar-refractivity contribution is -0.148. The number of methoxy groups -OCH3 is 1. The molecule has 0 radical (unpaired) electrons. The number of aryl methyl sites for hydroxylation is 2. The first-order valence-corrected chi connectivity index (χ1v) is 11.7. The number of carbonyl (C=O) groups is 1. The van der Waals surface area contributed by atoms with E-state index >= 15 is 0 Å². The van der Waals surface area contributed by atoms with Crippen LogP contribution in [0.1, 0.15) is 37.8 Å². The van der Waals surface area contributed by atoms with E-state index in [1.54, 1.807) is 24.5 Å². The molecule has 0 fully saturated rings. The van der Waals surface area contributed by atoms with Crippen LogP contribution < -0.4 is 9.47 Å². The lowest BCUT2D eigenvalue weighted by Gasteiger charge is -2.17. The molecule has 0 aliphatic heterocycles. The normalized spacial score (nSPS) is 11.8. The van der Waals surface area contributed by atoms with Gasteiger partial charge in [0.1, 0.15) is 22.9 Å². The van der Waals surface area contributed by atoms with E-state index < -0.39 is 5.60 Å². The van der Waals surface area contributed by atoms with Gasteiger partial charge in [0.05, 0.1) is 23.2 Å². The van der Waals surface area contributed by atoms with E-state index in [0.29, 0.717) is 5.75 Å². The first-order chi connectivity index (χ1) is 16.1. The van der Waals surface area contributed by atoms with E-state index in [1.165, 1.54) is 6.08 Å². The van der Waals surface area contributed by atoms with Crippen LogP contribution in [0.3, 0.4) is 0 Å². The Labute approximate surface area is 202 Å². The Morgan fingerprint density at radius 1 is 1.06 bits per heavy atom. The predicted molar refractivity (Wildman–Crippen MR) is 135 cm³/mol. The summed E-state index contributed by atoms with van der Waals surface area (Å²) in [6.45, 7) is 9.34. The minimum atomic E-state index is -0.522. The van der Waals surface area contributed by atoms with Crippen molar-refractivity contribution in [2.45, 2.75) is 40.2 Å². The summed E-state index contributed by atoms with van der Waals surface area (Å²) in [6, 6.07) is 13.5. The number of thiophene rings is 1. The highest BCUT2D eigenvalue weighted by molar-refractivity contribution is 7.22. The Morgan fingerprint density at radius 3 is 2.38 bits per heavy atom. The fourth-order valence-corrected chi connectivity index (χ4v) is 4.82. The van der Waals surface area contributed by atoms with Crippen molar-refractivity contribution in [2.75, 3.05) is 7.11 Å². The molecular weight excluding hydrogens is 450 g/mol. The highest BCUT2D eigenvalue weighted by Gasteiger charge is 2.22. The SMILES string of the molecule is COc1ccc2c(Oc3ccc(/C=C/C(=O)OC(C)(C)C)cc3)c(-c3c(C)noc3C)sc2c1. The van der Waals surface area contributed by atoms with Gasteiger partial charge in [-0.25, -0.2) is 4.79 Å². The molecule has 7 heteroatoms. The second kappa shape index (κ2) is 9.35. The molecule has 4 aromatic rings. The van der Waals surface area contributed by atoms with Gasteiger partial charge in [0.15, 0.2) is 5.75 Å². The minimum Gasteiger partial charge on any atom is -0.497 e. The highest BCUT2D eigenvalue weighted by atomic mass is 32.1. The zero-order chi connectivity index (χ0) is 24.5. The van der Waals surface area contributed by atoms with Gasteiger partial charge in [-0.2, -0.15) is 0 Å². The second-order valence-corrected chi connectivity index (χ2v) is 9.91. The molecule has 0 unspecified atom stereocenters. The Morgan fingerprint density at radius 2 is 1.76 bits per heavy atom. The number of ether oxygens (including phenoxy) is 3. The molecule has 2 aromatic heterocycles. The van der Waals surface area contributed by atoms with E-state index in [2.05, 4.69) is 5.16 Å². The molecule has 0 bridgehead atoms. The number of aromatic nitrogens is 1. The van der Waals surface area contributed by atoms with Gasteiger partial charge in [-0.1, -0.05) is 17.3 Å². The van der Waals surface area contributed by atoms with E-state index in [0.717, 1.165) is 49.0 Å². The number of carbonyl (C=O) groups excluding carboxylic acids is 1. The summed E-state index contributed by atoms with van der Waals surface area (Å²) < 4.78 is 23.6. The summed E-state index contributed by atoms with van der Waals surface area (Å²) in [6.07, 6.45) is 3.15. The molecule has 0 N–H and O–H groups in total. The summed E-state index contributed by atoms with van der Waals surface area (Å²) in [7, 11) is 1.65. The van der Waals surface area contributed by atoms with Crippen molar-refractivity contribution in [1.82, 2.24) is 5.16 Å². The molecular formula is C27H27NO5S. The van der Waals surface area contributed by atoms with Crippen molar-refractivity contribution in [1.29, 1.82) is 0 Å². The first-order valence-electron chi connectivity index (χ1n) is 10.9. The number of hydrogen-bond acceptors (Lipinski definition) is 7. The quantitative estimate of drug-likeness (QED) is 0.214.